The third kappa shape index (κ3) is 2.14. The maximum Gasteiger partial charge on any atom is 0.335 e. The van der Waals surface area contributed by atoms with Crippen molar-refractivity contribution in [2.45, 2.75) is 6.92 Å². The molecular formula is C15H10ClNO3. The summed E-state index contributed by atoms with van der Waals surface area (Å²) in [5.41, 5.74) is 2.88. The summed E-state index contributed by atoms with van der Waals surface area (Å²) in [6.07, 6.45) is 0. The van der Waals surface area contributed by atoms with Crippen LogP contribution in [0.15, 0.2) is 40.8 Å². The molecule has 3 aromatic rings. The Labute approximate surface area is 119 Å². The van der Waals surface area contributed by atoms with Crippen LogP contribution in [0.25, 0.3) is 22.6 Å². The fourth-order valence-electron chi connectivity index (χ4n) is 2.04. The van der Waals surface area contributed by atoms with Crippen molar-refractivity contribution in [3.8, 4) is 11.5 Å². The van der Waals surface area contributed by atoms with Crippen LogP contribution in [-0.4, -0.2) is 16.1 Å². The Morgan fingerprint density at radius 1 is 1.25 bits per heavy atom. The lowest BCUT2D eigenvalue weighted by Crippen LogP contribution is -1.96. The highest BCUT2D eigenvalue weighted by Gasteiger charge is 2.13. The van der Waals surface area contributed by atoms with Crippen molar-refractivity contribution in [2.24, 2.45) is 0 Å². The number of carbonyl (C=O) groups is 1. The minimum Gasteiger partial charge on any atom is -0.478 e. The zero-order valence-corrected chi connectivity index (χ0v) is 11.3. The number of fused-ring (bicyclic) bond motifs is 1. The lowest BCUT2D eigenvalue weighted by Gasteiger charge is -1.96. The van der Waals surface area contributed by atoms with Gasteiger partial charge in [0.15, 0.2) is 5.58 Å². The number of aryl methyl sites for hydroxylation is 1. The van der Waals surface area contributed by atoms with Gasteiger partial charge in [0.1, 0.15) is 5.52 Å². The summed E-state index contributed by atoms with van der Waals surface area (Å²) in [5.74, 6) is -0.540. The van der Waals surface area contributed by atoms with Crippen LogP contribution in [0.5, 0.6) is 0 Å². The standard InChI is InChI=1S/C15H10ClNO3/c1-8-6-10(15(18)19)7-12-13(8)17-14(20-12)9-2-4-11(16)5-3-9/h2-7H,1H3,(H,18,19). The Bertz CT molecular complexity index is 806. The van der Waals surface area contributed by atoms with E-state index in [0.29, 0.717) is 22.0 Å². The van der Waals surface area contributed by atoms with Crippen molar-refractivity contribution < 1.29 is 14.3 Å². The number of carboxylic acids is 1. The summed E-state index contributed by atoms with van der Waals surface area (Å²) in [5, 5.41) is 9.68. The minimum atomic E-state index is -0.987. The first-order chi connectivity index (χ1) is 9.54. The molecule has 1 heterocycles. The molecule has 0 fully saturated rings. The molecule has 0 amide bonds. The van der Waals surface area contributed by atoms with Gasteiger partial charge in [-0.1, -0.05) is 11.6 Å². The zero-order chi connectivity index (χ0) is 14.3. The molecular weight excluding hydrogens is 278 g/mol. The summed E-state index contributed by atoms with van der Waals surface area (Å²) in [6.45, 7) is 1.81. The largest absolute Gasteiger partial charge is 0.478 e. The molecule has 20 heavy (non-hydrogen) atoms. The second-order valence-electron chi connectivity index (χ2n) is 4.47. The number of hydrogen-bond acceptors (Lipinski definition) is 3. The molecule has 0 aliphatic heterocycles. The van der Waals surface area contributed by atoms with Gasteiger partial charge < -0.3 is 9.52 Å². The molecule has 0 aliphatic rings. The van der Waals surface area contributed by atoms with Crippen molar-refractivity contribution in [1.29, 1.82) is 0 Å². The molecule has 1 N–H and O–H groups in total. The van der Waals surface area contributed by atoms with Crippen LogP contribution in [0.2, 0.25) is 5.02 Å². The van der Waals surface area contributed by atoms with E-state index in [1.807, 2.05) is 6.92 Å². The van der Waals surface area contributed by atoms with Crippen LogP contribution in [0.3, 0.4) is 0 Å². The first-order valence-corrected chi connectivity index (χ1v) is 6.33. The van der Waals surface area contributed by atoms with Crippen molar-refractivity contribution in [3.63, 3.8) is 0 Å². The van der Waals surface area contributed by atoms with Gasteiger partial charge in [0.05, 0.1) is 5.56 Å². The number of nitrogens with zero attached hydrogens (tertiary/aromatic N) is 1. The third-order valence-electron chi connectivity index (χ3n) is 3.02. The van der Waals surface area contributed by atoms with Crippen LogP contribution in [0, 0.1) is 6.92 Å². The van der Waals surface area contributed by atoms with Crippen LogP contribution in [-0.2, 0) is 0 Å². The number of aromatic nitrogens is 1. The van der Waals surface area contributed by atoms with Crippen LogP contribution < -0.4 is 0 Å². The normalized spacial score (nSPS) is 10.9. The quantitative estimate of drug-likeness (QED) is 0.769. The van der Waals surface area contributed by atoms with Crippen LogP contribution in [0.4, 0.5) is 0 Å². The Balaban J connectivity index is 2.17. The van der Waals surface area contributed by atoms with Gasteiger partial charge in [0, 0.05) is 10.6 Å². The van der Waals surface area contributed by atoms with Gasteiger partial charge in [-0.3, -0.25) is 0 Å². The number of benzene rings is 2. The van der Waals surface area contributed by atoms with Gasteiger partial charge in [-0.25, -0.2) is 9.78 Å². The molecule has 0 radical (unpaired) electrons. The monoisotopic (exact) mass is 287 g/mol. The van der Waals surface area contributed by atoms with Gasteiger partial charge in [0.25, 0.3) is 0 Å². The van der Waals surface area contributed by atoms with Gasteiger partial charge >= 0.3 is 5.97 Å². The van der Waals surface area contributed by atoms with Crippen LogP contribution in [0.1, 0.15) is 15.9 Å². The van der Waals surface area contributed by atoms with Crippen molar-refractivity contribution >= 4 is 28.7 Å². The molecule has 4 nitrogen and oxygen atoms in total. The van der Waals surface area contributed by atoms with Gasteiger partial charge in [0.2, 0.25) is 5.89 Å². The molecule has 0 bridgehead atoms. The molecule has 2 aromatic carbocycles. The Kier molecular flexibility index (Phi) is 2.95. The first kappa shape index (κ1) is 12.7. The van der Waals surface area contributed by atoms with Gasteiger partial charge in [-0.2, -0.15) is 0 Å². The maximum absolute atomic E-state index is 11.0. The summed E-state index contributed by atoms with van der Waals surface area (Å²) >= 11 is 5.84. The van der Waals surface area contributed by atoms with E-state index in [1.165, 1.54) is 6.07 Å². The summed E-state index contributed by atoms with van der Waals surface area (Å²) in [7, 11) is 0. The van der Waals surface area contributed by atoms with E-state index in [2.05, 4.69) is 4.98 Å². The van der Waals surface area contributed by atoms with E-state index in [9.17, 15) is 4.79 Å². The topological polar surface area (TPSA) is 63.3 Å². The third-order valence-corrected chi connectivity index (χ3v) is 3.28. The molecule has 3 rings (SSSR count). The number of rotatable bonds is 2. The average molecular weight is 288 g/mol. The van der Waals surface area contributed by atoms with Gasteiger partial charge in [-0.05, 0) is 48.9 Å². The fraction of sp³-hybridized carbons (Fsp3) is 0.0667. The molecule has 0 atom stereocenters. The van der Waals surface area contributed by atoms with Crippen molar-refractivity contribution in [2.75, 3.05) is 0 Å². The van der Waals surface area contributed by atoms with Gasteiger partial charge in [-0.15, -0.1) is 0 Å². The SMILES string of the molecule is Cc1cc(C(=O)O)cc2oc(-c3ccc(Cl)cc3)nc12. The zero-order valence-electron chi connectivity index (χ0n) is 10.6. The molecule has 5 heteroatoms. The van der Waals surface area contributed by atoms with E-state index >= 15 is 0 Å². The molecule has 0 aliphatic carbocycles. The van der Waals surface area contributed by atoms with E-state index in [0.717, 1.165) is 11.1 Å². The number of carboxylic acid groups (broad SMARTS) is 1. The van der Waals surface area contributed by atoms with E-state index in [4.69, 9.17) is 21.1 Å². The lowest BCUT2D eigenvalue weighted by molar-refractivity contribution is 0.0697. The van der Waals surface area contributed by atoms with Crippen molar-refractivity contribution in [1.82, 2.24) is 4.98 Å². The van der Waals surface area contributed by atoms with E-state index in [1.54, 1.807) is 30.3 Å². The first-order valence-electron chi connectivity index (χ1n) is 5.95. The Morgan fingerprint density at radius 2 is 1.95 bits per heavy atom. The highest BCUT2D eigenvalue weighted by atomic mass is 35.5. The minimum absolute atomic E-state index is 0.189. The predicted molar refractivity (Wildman–Crippen MR) is 76.2 cm³/mol. The summed E-state index contributed by atoms with van der Waals surface area (Å²) in [6, 6.07) is 10.2. The lowest BCUT2D eigenvalue weighted by atomic mass is 10.1. The predicted octanol–water partition coefficient (Wildman–Crippen LogP) is 4.15. The van der Waals surface area contributed by atoms with Crippen LogP contribution >= 0.6 is 11.6 Å². The Hall–Kier alpha value is -2.33. The summed E-state index contributed by atoms with van der Waals surface area (Å²) in [4.78, 5) is 15.4. The fourth-order valence-corrected chi connectivity index (χ4v) is 2.16. The molecule has 0 spiro atoms. The highest BCUT2D eigenvalue weighted by molar-refractivity contribution is 6.30. The average Bonchev–Trinajstić information content (AvgIpc) is 2.84. The molecule has 1 aromatic heterocycles. The second-order valence-corrected chi connectivity index (χ2v) is 4.91. The number of aromatic carboxylic acids is 1. The Morgan fingerprint density at radius 3 is 2.60 bits per heavy atom. The van der Waals surface area contributed by atoms with E-state index in [-0.39, 0.29) is 5.56 Å². The summed E-state index contributed by atoms with van der Waals surface area (Å²) < 4.78 is 5.65. The maximum atomic E-state index is 11.0. The van der Waals surface area contributed by atoms with E-state index < -0.39 is 5.97 Å². The number of halogens is 1. The smallest absolute Gasteiger partial charge is 0.335 e. The second kappa shape index (κ2) is 4.65. The number of hydrogen-bond donors (Lipinski definition) is 1. The molecule has 0 unspecified atom stereocenters. The van der Waals surface area contributed by atoms with Crippen molar-refractivity contribution in [3.05, 3.63) is 52.5 Å². The molecule has 0 saturated carbocycles. The highest BCUT2D eigenvalue weighted by Crippen LogP contribution is 2.28. The molecule has 100 valence electrons. The number of oxazole rings is 1. The molecule has 0 saturated heterocycles.